The van der Waals surface area contributed by atoms with Gasteiger partial charge in [0.2, 0.25) is 0 Å². The van der Waals surface area contributed by atoms with Gasteiger partial charge in [-0.05, 0) is 12.8 Å². The minimum Gasteiger partial charge on any atom is -0.315 e. The summed E-state index contributed by atoms with van der Waals surface area (Å²) in [6.45, 7) is 8.71. The molecule has 0 aliphatic carbocycles. The van der Waals surface area contributed by atoms with Crippen LogP contribution in [-0.2, 0) is 10.0 Å². The second kappa shape index (κ2) is 7.51. The Labute approximate surface area is 136 Å². The number of amides is 1. The van der Waals surface area contributed by atoms with Crippen molar-refractivity contribution in [2.24, 2.45) is 0 Å². The van der Waals surface area contributed by atoms with E-state index >= 15 is 0 Å². The summed E-state index contributed by atoms with van der Waals surface area (Å²) in [6.07, 6.45) is 6.94. The highest BCUT2D eigenvalue weighted by Gasteiger charge is 2.30. The molecule has 23 heavy (non-hydrogen) atoms. The van der Waals surface area contributed by atoms with Gasteiger partial charge in [-0.1, -0.05) is 18.6 Å². The highest BCUT2D eigenvalue weighted by Crippen LogP contribution is 2.17. The minimum atomic E-state index is -3.75. The van der Waals surface area contributed by atoms with E-state index in [1.54, 1.807) is 12.2 Å². The van der Waals surface area contributed by atoms with E-state index in [4.69, 9.17) is 0 Å². The summed E-state index contributed by atoms with van der Waals surface area (Å²) in [5.41, 5.74) is 0. The van der Waals surface area contributed by atoms with Gasteiger partial charge >= 0.3 is 6.03 Å². The summed E-state index contributed by atoms with van der Waals surface area (Å²) >= 11 is 0. The van der Waals surface area contributed by atoms with E-state index in [2.05, 4.69) is 23.2 Å². The Morgan fingerprint density at radius 2 is 1.83 bits per heavy atom. The minimum absolute atomic E-state index is 0.304. The molecule has 2 rings (SSSR count). The Morgan fingerprint density at radius 3 is 2.39 bits per heavy atom. The first kappa shape index (κ1) is 17.4. The number of carbonyl (C=O) groups is 1. The number of rotatable bonds is 6. The van der Waals surface area contributed by atoms with Gasteiger partial charge in [-0.25, -0.2) is 18.2 Å². The number of sulfonamides is 1. The molecular formula is C14H21N5O3S. The highest BCUT2D eigenvalue weighted by molar-refractivity contribution is 7.88. The molecule has 1 amide bonds. The quantitative estimate of drug-likeness (QED) is 0.724. The third kappa shape index (κ3) is 3.85. The van der Waals surface area contributed by atoms with Gasteiger partial charge in [0.15, 0.2) is 0 Å². The molecule has 0 bridgehead atoms. The van der Waals surface area contributed by atoms with Crippen molar-refractivity contribution in [1.29, 1.82) is 0 Å². The van der Waals surface area contributed by atoms with Crippen molar-refractivity contribution in [3.05, 3.63) is 31.6 Å². The lowest BCUT2D eigenvalue weighted by molar-refractivity contribution is 0.206. The Hall–Kier alpha value is -2.00. The maximum atomic E-state index is 12.5. The fraction of sp³-hybridized carbons (Fsp3) is 0.500. The monoisotopic (exact) mass is 339 g/mol. The lowest BCUT2D eigenvalue weighted by Crippen LogP contribution is -2.37. The number of nitrogens with zero attached hydrogens (tertiary/aromatic N) is 5. The van der Waals surface area contributed by atoms with E-state index in [1.165, 1.54) is 9.21 Å². The van der Waals surface area contributed by atoms with Crippen LogP contribution < -0.4 is 0 Å². The number of hydrogen-bond donors (Lipinski definition) is 0. The molecule has 1 aromatic rings. The summed E-state index contributed by atoms with van der Waals surface area (Å²) in [5.74, 6) is 0. The first-order valence-corrected chi connectivity index (χ1v) is 8.87. The Kier molecular flexibility index (Phi) is 5.67. The highest BCUT2D eigenvalue weighted by atomic mass is 32.2. The van der Waals surface area contributed by atoms with Crippen LogP contribution in [0.1, 0.15) is 19.3 Å². The molecule has 1 aliphatic heterocycles. The molecule has 1 fully saturated rings. The molecule has 1 aromatic heterocycles. The Bertz CT molecular complexity index is 666. The average molecular weight is 339 g/mol. The largest absolute Gasteiger partial charge is 0.346 e. The van der Waals surface area contributed by atoms with E-state index in [9.17, 15) is 13.2 Å². The topological polar surface area (TPSA) is 88.4 Å². The van der Waals surface area contributed by atoms with Gasteiger partial charge < -0.3 is 4.90 Å². The van der Waals surface area contributed by atoms with Crippen LogP contribution in [0.15, 0.2) is 36.8 Å². The zero-order chi connectivity index (χ0) is 16.9. The lowest BCUT2D eigenvalue weighted by atomic mass is 10.2. The van der Waals surface area contributed by atoms with Crippen LogP contribution in [0.2, 0.25) is 0 Å². The number of aromatic nitrogens is 3. The molecule has 8 nitrogen and oxygen atoms in total. The van der Waals surface area contributed by atoms with Gasteiger partial charge in [-0.2, -0.15) is 8.99 Å². The molecule has 0 spiro atoms. The smallest absolute Gasteiger partial charge is 0.315 e. The molecule has 0 saturated carbocycles. The number of hydrogen-bond acceptors (Lipinski definition) is 5. The van der Waals surface area contributed by atoms with Crippen molar-refractivity contribution >= 4 is 16.1 Å². The van der Waals surface area contributed by atoms with Gasteiger partial charge in [-0.15, -0.1) is 18.3 Å². The third-order valence-corrected chi connectivity index (χ3v) is 5.22. The Morgan fingerprint density at radius 1 is 1.22 bits per heavy atom. The van der Waals surface area contributed by atoms with Gasteiger partial charge in [0.05, 0.1) is 0 Å². The van der Waals surface area contributed by atoms with Gasteiger partial charge in [0, 0.05) is 26.2 Å². The molecule has 1 aliphatic rings. The number of carbonyl (C=O) groups excluding carboxylic acids is 1. The van der Waals surface area contributed by atoms with Crippen LogP contribution in [0.4, 0.5) is 4.79 Å². The van der Waals surface area contributed by atoms with Crippen molar-refractivity contribution in [3.8, 4) is 0 Å². The molecule has 126 valence electrons. The van der Waals surface area contributed by atoms with Crippen molar-refractivity contribution in [3.63, 3.8) is 0 Å². The SMILES string of the molecule is C=CCN(CC=C)C(=O)n1cnc(S(=O)(=O)N2CCCCC2)n1. The summed E-state index contributed by atoms with van der Waals surface area (Å²) < 4.78 is 27.3. The third-order valence-electron chi connectivity index (χ3n) is 3.52. The summed E-state index contributed by atoms with van der Waals surface area (Å²) in [4.78, 5) is 17.6. The molecule has 0 unspecified atom stereocenters. The summed E-state index contributed by atoms with van der Waals surface area (Å²) in [5, 5.41) is 3.52. The second-order valence-electron chi connectivity index (χ2n) is 5.20. The van der Waals surface area contributed by atoms with E-state index < -0.39 is 16.1 Å². The van der Waals surface area contributed by atoms with Crippen LogP contribution in [0.3, 0.4) is 0 Å². The first-order chi connectivity index (χ1) is 11.0. The molecule has 2 heterocycles. The molecule has 0 N–H and O–H groups in total. The van der Waals surface area contributed by atoms with Crippen molar-refractivity contribution < 1.29 is 13.2 Å². The van der Waals surface area contributed by atoms with Crippen molar-refractivity contribution in [1.82, 2.24) is 24.0 Å². The maximum Gasteiger partial charge on any atom is 0.346 e. The van der Waals surface area contributed by atoms with Gasteiger partial charge in [-0.3, -0.25) is 0 Å². The van der Waals surface area contributed by atoms with Crippen LogP contribution >= 0.6 is 0 Å². The zero-order valence-corrected chi connectivity index (χ0v) is 13.8. The zero-order valence-electron chi connectivity index (χ0n) is 13.0. The van der Waals surface area contributed by atoms with Crippen LogP contribution in [-0.4, -0.2) is 64.6 Å². The van der Waals surface area contributed by atoms with E-state index in [0.29, 0.717) is 26.2 Å². The summed E-state index contributed by atoms with van der Waals surface area (Å²) in [7, 11) is -3.75. The predicted octanol–water partition coefficient (Wildman–Crippen LogP) is 1.09. The van der Waals surface area contributed by atoms with Crippen LogP contribution in [0.5, 0.6) is 0 Å². The molecular weight excluding hydrogens is 318 g/mol. The molecule has 0 aromatic carbocycles. The van der Waals surface area contributed by atoms with E-state index in [-0.39, 0.29) is 5.16 Å². The fourth-order valence-electron chi connectivity index (χ4n) is 2.37. The van der Waals surface area contributed by atoms with E-state index in [1.807, 2.05) is 0 Å². The van der Waals surface area contributed by atoms with Crippen molar-refractivity contribution in [2.45, 2.75) is 24.4 Å². The average Bonchev–Trinajstić information content (AvgIpc) is 3.05. The van der Waals surface area contributed by atoms with Crippen LogP contribution in [0, 0.1) is 0 Å². The standard InChI is InChI=1S/C14H21N5O3S/c1-3-8-17(9-4-2)14(20)19-12-15-13(16-19)23(21,22)18-10-6-5-7-11-18/h3-4,12H,1-2,5-11H2. The van der Waals surface area contributed by atoms with E-state index in [0.717, 1.165) is 30.3 Å². The lowest BCUT2D eigenvalue weighted by Gasteiger charge is -2.24. The fourth-order valence-corrected chi connectivity index (χ4v) is 3.71. The molecule has 1 saturated heterocycles. The molecule has 0 atom stereocenters. The Balaban J connectivity index is 2.20. The summed E-state index contributed by atoms with van der Waals surface area (Å²) in [6, 6.07) is -0.475. The van der Waals surface area contributed by atoms with Gasteiger partial charge in [0.25, 0.3) is 15.2 Å². The molecule has 9 heteroatoms. The number of piperidine rings is 1. The normalized spacial score (nSPS) is 16.0. The molecule has 0 radical (unpaired) electrons. The van der Waals surface area contributed by atoms with Crippen molar-refractivity contribution in [2.75, 3.05) is 26.2 Å². The van der Waals surface area contributed by atoms with Crippen LogP contribution in [0.25, 0.3) is 0 Å². The van der Waals surface area contributed by atoms with Gasteiger partial charge in [0.1, 0.15) is 6.33 Å². The first-order valence-electron chi connectivity index (χ1n) is 7.43. The second-order valence-corrected chi connectivity index (χ2v) is 7.03. The maximum absolute atomic E-state index is 12.5. The predicted molar refractivity (Wildman–Crippen MR) is 85.4 cm³/mol.